The molecule has 1 atom stereocenters. The lowest BCUT2D eigenvalue weighted by atomic mass is 9.98. The number of nitrogens with one attached hydrogen (secondary N) is 1. The van der Waals surface area contributed by atoms with Gasteiger partial charge in [0, 0.05) is 36.2 Å². The van der Waals surface area contributed by atoms with Gasteiger partial charge >= 0.3 is 0 Å². The Bertz CT molecular complexity index is 1210. The fraction of sp³-hybridized carbons (Fsp3) is 0.462. The molecule has 2 fully saturated rings. The number of rotatable bonds is 6. The van der Waals surface area contributed by atoms with E-state index >= 15 is 0 Å². The van der Waals surface area contributed by atoms with Gasteiger partial charge in [0.15, 0.2) is 0 Å². The second-order valence-corrected chi connectivity index (χ2v) is 12.2. The molecule has 194 valence electrons. The molecule has 0 aromatic heterocycles. The molecule has 7 nitrogen and oxygen atoms in total. The fourth-order valence-corrected chi connectivity index (χ4v) is 6.99. The van der Waals surface area contributed by atoms with Gasteiger partial charge in [-0.1, -0.05) is 54.2 Å². The molecule has 2 amide bonds. The monoisotopic (exact) mass is 551 g/mol. The van der Waals surface area contributed by atoms with Crippen LogP contribution in [0.4, 0.5) is 5.69 Å². The number of halogens is 2. The summed E-state index contributed by atoms with van der Waals surface area (Å²) >= 11 is 12.1. The van der Waals surface area contributed by atoms with Gasteiger partial charge in [-0.05, 0) is 55.5 Å². The number of anilines is 1. The largest absolute Gasteiger partial charge is 0.339 e. The van der Waals surface area contributed by atoms with Crippen LogP contribution in [0.15, 0.2) is 42.5 Å². The number of likely N-dealkylation sites (tertiary alicyclic amines) is 1. The Morgan fingerprint density at radius 1 is 0.944 bits per heavy atom. The number of hydrogen-bond acceptors (Lipinski definition) is 4. The Morgan fingerprint density at radius 3 is 2.39 bits per heavy atom. The predicted octanol–water partition coefficient (Wildman–Crippen LogP) is 5.19. The molecule has 2 aliphatic rings. The van der Waals surface area contributed by atoms with Gasteiger partial charge in [-0.2, -0.15) is 0 Å². The van der Waals surface area contributed by atoms with Crippen LogP contribution >= 0.6 is 23.2 Å². The zero-order chi connectivity index (χ0) is 25.7. The second-order valence-electron chi connectivity index (χ2n) is 9.43. The summed E-state index contributed by atoms with van der Waals surface area (Å²) in [6, 6.07) is 11.8. The molecule has 0 saturated carbocycles. The van der Waals surface area contributed by atoms with E-state index in [9.17, 15) is 18.0 Å². The van der Waals surface area contributed by atoms with Crippen molar-refractivity contribution in [2.75, 3.05) is 31.5 Å². The van der Waals surface area contributed by atoms with Gasteiger partial charge in [0.1, 0.15) is 0 Å². The second kappa shape index (κ2) is 11.9. The standard InChI is InChI=1S/C26H31Cl2N3O4S/c27-21-12-11-20(23(28)16-21)18-36(34,35)31-15-7-8-19(17-31)25(32)29-24-10-4-3-9-22(24)26(33)30-13-5-1-2-6-14-30/h3-4,9-12,16,19H,1-2,5-8,13-15,17-18H2,(H,29,32)/t19-/m0/s1. The topological polar surface area (TPSA) is 86.8 Å². The third-order valence-electron chi connectivity index (χ3n) is 6.81. The maximum atomic E-state index is 13.2. The Labute approximate surface area is 222 Å². The van der Waals surface area contributed by atoms with Crippen LogP contribution in [0.25, 0.3) is 0 Å². The normalized spacial score (nSPS) is 19.5. The molecule has 36 heavy (non-hydrogen) atoms. The number of carbonyl (C=O) groups is 2. The summed E-state index contributed by atoms with van der Waals surface area (Å²) in [7, 11) is -3.69. The number of hydrogen-bond donors (Lipinski definition) is 1. The molecular formula is C26H31Cl2N3O4S. The first-order valence-corrected chi connectivity index (χ1v) is 14.7. The Kier molecular flexibility index (Phi) is 8.93. The number of amides is 2. The smallest absolute Gasteiger partial charge is 0.255 e. The highest BCUT2D eigenvalue weighted by atomic mass is 35.5. The number of sulfonamides is 1. The molecule has 2 saturated heterocycles. The summed E-state index contributed by atoms with van der Waals surface area (Å²) in [5.74, 6) is -1.14. The molecule has 2 aliphatic heterocycles. The van der Waals surface area contributed by atoms with Gasteiger partial charge in [0.2, 0.25) is 15.9 Å². The number of benzene rings is 2. The van der Waals surface area contributed by atoms with E-state index in [0.717, 1.165) is 25.7 Å². The summed E-state index contributed by atoms with van der Waals surface area (Å²) in [5.41, 5.74) is 1.39. The van der Waals surface area contributed by atoms with Crippen molar-refractivity contribution in [1.82, 2.24) is 9.21 Å². The zero-order valence-electron chi connectivity index (χ0n) is 20.1. The summed E-state index contributed by atoms with van der Waals surface area (Å²) < 4.78 is 27.6. The molecule has 2 aromatic carbocycles. The average molecular weight is 553 g/mol. The van der Waals surface area contributed by atoms with E-state index in [2.05, 4.69) is 5.32 Å². The highest BCUT2D eigenvalue weighted by Gasteiger charge is 2.33. The highest BCUT2D eigenvalue weighted by molar-refractivity contribution is 7.88. The van der Waals surface area contributed by atoms with Gasteiger partial charge in [-0.25, -0.2) is 12.7 Å². The molecule has 10 heteroatoms. The Morgan fingerprint density at radius 2 is 1.67 bits per heavy atom. The Hall–Kier alpha value is -2.13. The summed E-state index contributed by atoms with van der Waals surface area (Å²) in [5, 5.41) is 3.64. The van der Waals surface area contributed by atoms with Gasteiger partial charge in [-0.3, -0.25) is 9.59 Å². The van der Waals surface area contributed by atoms with Crippen molar-refractivity contribution in [2.24, 2.45) is 5.92 Å². The zero-order valence-corrected chi connectivity index (χ0v) is 22.4. The van der Waals surface area contributed by atoms with E-state index in [1.165, 1.54) is 10.4 Å². The predicted molar refractivity (Wildman–Crippen MR) is 143 cm³/mol. The number of nitrogens with zero attached hydrogens (tertiary/aromatic N) is 2. The summed E-state index contributed by atoms with van der Waals surface area (Å²) in [6.07, 6.45) is 5.34. The molecule has 0 radical (unpaired) electrons. The van der Waals surface area contributed by atoms with Gasteiger partial charge < -0.3 is 10.2 Å². The lowest BCUT2D eigenvalue weighted by Crippen LogP contribution is -2.44. The van der Waals surface area contributed by atoms with Crippen molar-refractivity contribution in [3.63, 3.8) is 0 Å². The first-order valence-electron chi connectivity index (χ1n) is 12.4. The summed E-state index contributed by atoms with van der Waals surface area (Å²) in [6.45, 7) is 1.87. The number of para-hydroxylation sites is 1. The molecule has 0 bridgehead atoms. The molecule has 2 aromatic rings. The first kappa shape index (κ1) is 26.9. The molecule has 0 unspecified atom stereocenters. The van der Waals surface area contributed by atoms with Crippen molar-refractivity contribution in [3.8, 4) is 0 Å². The van der Waals surface area contributed by atoms with E-state index in [4.69, 9.17) is 23.2 Å². The minimum absolute atomic E-state index is 0.0829. The van der Waals surface area contributed by atoms with E-state index in [0.29, 0.717) is 59.3 Å². The van der Waals surface area contributed by atoms with Crippen LogP contribution in [0, 0.1) is 5.92 Å². The lowest BCUT2D eigenvalue weighted by molar-refractivity contribution is -0.120. The molecule has 2 heterocycles. The fourth-order valence-electron chi connectivity index (χ4n) is 4.79. The van der Waals surface area contributed by atoms with Crippen LogP contribution in [0.2, 0.25) is 10.0 Å². The van der Waals surface area contributed by atoms with Gasteiger partial charge in [0.05, 0.1) is 22.9 Å². The van der Waals surface area contributed by atoms with Crippen molar-refractivity contribution >= 4 is 50.7 Å². The molecular weight excluding hydrogens is 521 g/mol. The van der Waals surface area contributed by atoms with E-state index in [1.54, 1.807) is 36.4 Å². The molecule has 0 spiro atoms. The molecule has 0 aliphatic carbocycles. The highest BCUT2D eigenvalue weighted by Crippen LogP contribution is 2.27. The van der Waals surface area contributed by atoms with E-state index < -0.39 is 15.9 Å². The average Bonchev–Trinajstić information content (AvgIpc) is 3.15. The minimum Gasteiger partial charge on any atom is -0.339 e. The van der Waals surface area contributed by atoms with Crippen molar-refractivity contribution in [3.05, 3.63) is 63.6 Å². The van der Waals surface area contributed by atoms with E-state index in [-0.39, 0.29) is 24.1 Å². The Balaban J connectivity index is 1.44. The van der Waals surface area contributed by atoms with E-state index in [1.807, 2.05) is 4.90 Å². The maximum absolute atomic E-state index is 13.2. The van der Waals surface area contributed by atoms with Gasteiger partial charge in [-0.15, -0.1) is 0 Å². The quantitative estimate of drug-likeness (QED) is 0.535. The van der Waals surface area contributed by atoms with Crippen LogP contribution in [-0.2, 0) is 20.6 Å². The van der Waals surface area contributed by atoms with Crippen LogP contribution in [0.3, 0.4) is 0 Å². The van der Waals surface area contributed by atoms with Crippen LogP contribution in [0.1, 0.15) is 54.4 Å². The third-order valence-corrected chi connectivity index (χ3v) is 9.19. The molecule has 4 rings (SSSR count). The maximum Gasteiger partial charge on any atom is 0.255 e. The van der Waals surface area contributed by atoms with Gasteiger partial charge in [0.25, 0.3) is 5.91 Å². The summed E-state index contributed by atoms with van der Waals surface area (Å²) in [4.78, 5) is 28.3. The first-order chi connectivity index (χ1) is 17.2. The SMILES string of the molecule is O=C(Nc1ccccc1C(=O)N1CCCCCC1)[C@H]1CCCN(S(=O)(=O)Cc2ccc(Cl)cc2Cl)C1. The van der Waals surface area contributed by atoms with Crippen molar-refractivity contribution in [1.29, 1.82) is 0 Å². The minimum atomic E-state index is -3.69. The third kappa shape index (κ3) is 6.59. The van der Waals surface area contributed by atoms with Crippen molar-refractivity contribution < 1.29 is 18.0 Å². The number of piperidine rings is 1. The lowest BCUT2D eigenvalue weighted by Gasteiger charge is -2.31. The molecule has 1 N–H and O–H groups in total. The number of carbonyl (C=O) groups excluding carboxylic acids is 2. The van der Waals surface area contributed by atoms with Crippen LogP contribution in [0.5, 0.6) is 0 Å². The van der Waals surface area contributed by atoms with Crippen LogP contribution in [-0.4, -0.2) is 55.6 Å². The van der Waals surface area contributed by atoms with Crippen LogP contribution < -0.4 is 5.32 Å². The van der Waals surface area contributed by atoms with Crippen molar-refractivity contribution in [2.45, 2.75) is 44.3 Å².